The highest BCUT2D eigenvalue weighted by atomic mass is 16.4. The van der Waals surface area contributed by atoms with Crippen LogP contribution in [-0.2, 0) is 11.2 Å². The molecule has 1 saturated carbocycles. The first-order valence-corrected chi connectivity index (χ1v) is 6.71. The molecule has 2 unspecified atom stereocenters. The molecule has 1 aromatic rings. The lowest BCUT2D eigenvalue weighted by Crippen LogP contribution is -2.15. The summed E-state index contributed by atoms with van der Waals surface area (Å²) in [6.45, 7) is 2.30. The summed E-state index contributed by atoms with van der Waals surface area (Å²) in [5, 5.41) is 12.2. The molecule has 1 aliphatic rings. The quantitative estimate of drug-likeness (QED) is 0.839. The molecule has 0 aromatic heterocycles. The minimum atomic E-state index is -0.738. The third-order valence-corrected chi connectivity index (χ3v) is 3.62. The van der Waals surface area contributed by atoms with Crippen molar-refractivity contribution in [2.24, 2.45) is 5.92 Å². The maximum absolute atomic E-state index is 10.6. The van der Waals surface area contributed by atoms with E-state index in [-0.39, 0.29) is 6.42 Å². The number of carboxylic acids is 1. The number of hydrogen-bond donors (Lipinski definition) is 2. The van der Waals surface area contributed by atoms with Gasteiger partial charge in [-0.15, -0.1) is 0 Å². The van der Waals surface area contributed by atoms with Gasteiger partial charge < -0.3 is 10.4 Å². The van der Waals surface area contributed by atoms with E-state index in [4.69, 9.17) is 5.11 Å². The van der Waals surface area contributed by atoms with Gasteiger partial charge in [0.1, 0.15) is 0 Å². The Balaban J connectivity index is 1.92. The number of nitrogens with one attached hydrogen (secondary N) is 1. The Morgan fingerprint density at radius 3 is 2.94 bits per heavy atom. The van der Waals surface area contributed by atoms with Crippen LogP contribution in [0.3, 0.4) is 0 Å². The average Bonchev–Trinajstić information content (AvgIpc) is 2.73. The molecule has 0 spiro atoms. The Hall–Kier alpha value is -1.51. The van der Waals surface area contributed by atoms with Crippen molar-refractivity contribution in [3.8, 4) is 0 Å². The second-order valence-electron chi connectivity index (χ2n) is 5.35. The van der Waals surface area contributed by atoms with E-state index in [2.05, 4.69) is 24.4 Å². The maximum Gasteiger partial charge on any atom is 0.303 e. The van der Waals surface area contributed by atoms with Crippen molar-refractivity contribution >= 4 is 11.7 Å². The minimum absolute atomic E-state index is 0.198. The van der Waals surface area contributed by atoms with Gasteiger partial charge in [-0.25, -0.2) is 0 Å². The summed E-state index contributed by atoms with van der Waals surface area (Å²) < 4.78 is 0. The summed E-state index contributed by atoms with van der Waals surface area (Å²) in [5.74, 6) is 0.0793. The fraction of sp³-hybridized carbons (Fsp3) is 0.533. The fourth-order valence-electron chi connectivity index (χ4n) is 2.64. The van der Waals surface area contributed by atoms with Crippen LogP contribution in [0, 0.1) is 5.92 Å². The van der Waals surface area contributed by atoms with Gasteiger partial charge in [-0.2, -0.15) is 0 Å². The number of benzene rings is 1. The Morgan fingerprint density at radius 1 is 1.44 bits per heavy atom. The zero-order valence-corrected chi connectivity index (χ0v) is 10.9. The topological polar surface area (TPSA) is 49.3 Å². The van der Waals surface area contributed by atoms with Crippen molar-refractivity contribution < 1.29 is 9.90 Å². The smallest absolute Gasteiger partial charge is 0.303 e. The van der Waals surface area contributed by atoms with Gasteiger partial charge in [0.15, 0.2) is 0 Å². The van der Waals surface area contributed by atoms with Gasteiger partial charge in [0.2, 0.25) is 0 Å². The molecule has 1 fully saturated rings. The van der Waals surface area contributed by atoms with E-state index in [0.29, 0.717) is 12.5 Å². The number of aryl methyl sites for hydroxylation is 1. The molecule has 2 rings (SSSR count). The standard InChI is InChI=1S/C15H21NO2/c1-11-5-7-14(9-11)16-13-4-2-3-12(10-13)6-8-15(17)18/h2-4,10-11,14,16H,5-9H2,1H3,(H,17,18). The molecule has 2 atom stereocenters. The number of hydrogen-bond acceptors (Lipinski definition) is 2. The number of carboxylic acid groups (broad SMARTS) is 1. The molecule has 1 aliphatic carbocycles. The molecular weight excluding hydrogens is 226 g/mol. The lowest BCUT2D eigenvalue weighted by molar-refractivity contribution is -0.136. The van der Waals surface area contributed by atoms with E-state index in [1.807, 2.05) is 12.1 Å². The van der Waals surface area contributed by atoms with Gasteiger partial charge in [0.05, 0.1) is 0 Å². The maximum atomic E-state index is 10.6. The largest absolute Gasteiger partial charge is 0.481 e. The molecule has 0 heterocycles. The second kappa shape index (κ2) is 5.89. The second-order valence-corrected chi connectivity index (χ2v) is 5.35. The van der Waals surface area contributed by atoms with Gasteiger partial charge in [-0.3, -0.25) is 4.79 Å². The van der Waals surface area contributed by atoms with Gasteiger partial charge in [-0.05, 0) is 49.3 Å². The highest BCUT2D eigenvalue weighted by Crippen LogP contribution is 2.27. The molecule has 3 heteroatoms. The molecule has 0 saturated heterocycles. The monoisotopic (exact) mass is 247 g/mol. The third-order valence-electron chi connectivity index (χ3n) is 3.62. The van der Waals surface area contributed by atoms with E-state index >= 15 is 0 Å². The fourth-order valence-corrected chi connectivity index (χ4v) is 2.64. The lowest BCUT2D eigenvalue weighted by Gasteiger charge is -2.14. The van der Waals surface area contributed by atoms with Crippen molar-refractivity contribution in [3.05, 3.63) is 29.8 Å². The molecule has 98 valence electrons. The van der Waals surface area contributed by atoms with E-state index in [1.165, 1.54) is 19.3 Å². The first kappa shape index (κ1) is 12.9. The van der Waals surface area contributed by atoms with E-state index in [0.717, 1.165) is 17.2 Å². The van der Waals surface area contributed by atoms with Crippen LogP contribution in [0.1, 0.15) is 38.2 Å². The normalized spacial score (nSPS) is 22.9. The van der Waals surface area contributed by atoms with Crippen LogP contribution >= 0.6 is 0 Å². The SMILES string of the molecule is CC1CCC(Nc2cccc(CCC(=O)O)c2)C1. The number of aliphatic carboxylic acids is 1. The van der Waals surface area contributed by atoms with Crippen LogP contribution in [0.15, 0.2) is 24.3 Å². The average molecular weight is 247 g/mol. The number of carbonyl (C=O) groups is 1. The molecule has 1 aromatic carbocycles. The Kier molecular flexibility index (Phi) is 4.24. The van der Waals surface area contributed by atoms with Crippen molar-refractivity contribution in [1.29, 1.82) is 0 Å². The summed E-state index contributed by atoms with van der Waals surface area (Å²) >= 11 is 0. The molecule has 0 radical (unpaired) electrons. The molecule has 2 N–H and O–H groups in total. The summed E-state index contributed by atoms with van der Waals surface area (Å²) in [6, 6.07) is 8.71. The first-order chi connectivity index (χ1) is 8.63. The Labute approximate surface area is 108 Å². The van der Waals surface area contributed by atoms with Crippen molar-refractivity contribution in [3.63, 3.8) is 0 Å². The summed E-state index contributed by atoms with van der Waals surface area (Å²) in [5.41, 5.74) is 2.21. The zero-order chi connectivity index (χ0) is 13.0. The predicted molar refractivity (Wildman–Crippen MR) is 72.8 cm³/mol. The van der Waals surface area contributed by atoms with Crippen LogP contribution in [0.5, 0.6) is 0 Å². The highest BCUT2D eigenvalue weighted by Gasteiger charge is 2.20. The van der Waals surface area contributed by atoms with Crippen LogP contribution in [0.2, 0.25) is 0 Å². The van der Waals surface area contributed by atoms with Crippen LogP contribution in [0.4, 0.5) is 5.69 Å². The molecule has 0 bridgehead atoms. The first-order valence-electron chi connectivity index (χ1n) is 6.71. The van der Waals surface area contributed by atoms with Gasteiger partial charge >= 0.3 is 5.97 Å². The molecule has 18 heavy (non-hydrogen) atoms. The third kappa shape index (κ3) is 3.76. The minimum Gasteiger partial charge on any atom is -0.481 e. The van der Waals surface area contributed by atoms with Gasteiger partial charge in [-0.1, -0.05) is 19.1 Å². The van der Waals surface area contributed by atoms with Crippen LogP contribution in [-0.4, -0.2) is 17.1 Å². The van der Waals surface area contributed by atoms with E-state index < -0.39 is 5.97 Å². The highest BCUT2D eigenvalue weighted by molar-refractivity contribution is 5.67. The Morgan fingerprint density at radius 2 is 2.28 bits per heavy atom. The summed E-state index contributed by atoms with van der Waals surface area (Å²) in [6.07, 6.45) is 4.58. The van der Waals surface area contributed by atoms with Crippen LogP contribution < -0.4 is 5.32 Å². The van der Waals surface area contributed by atoms with Gasteiger partial charge in [0.25, 0.3) is 0 Å². The summed E-state index contributed by atoms with van der Waals surface area (Å²) in [4.78, 5) is 10.6. The van der Waals surface area contributed by atoms with Crippen molar-refractivity contribution in [2.45, 2.75) is 45.1 Å². The Bertz CT molecular complexity index is 417. The van der Waals surface area contributed by atoms with E-state index in [9.17, 15) is 4.79 Å². The van der Waals surface area contributed by atoms with Crippen molar-refractivity contribution in [1.82, 2.24) is 0 Å². The van der Waals surface area contributed by atoms with Crippen LogP contribution in [0.25, 0.3) is 0 Å². The predicted octanol–water partition coefficient (Wildman–Crippen LogP) is 3.30. The summed E-state index contributed by atoms with van der Waals surface area (Å²) in [7, 11) is 0. The lowest BCUT2D eigenvalue weighted by atomic mass is 10.1. The number of anilines is 1. The number of rotatable bonds is 5. The molecule has 0 amide bonds. The van der Waals surface area contributed by atoms with Gasteiger partial charge in [0, 0.05) is 18.2 Å². The zero-order valence-electron chi connectivity index (χ0n) is 10.9. The molecule has 0 aliphatic heterocycles. The van der Waals surface area contributed by atoms with E-state index in [1.54, 1.807) is 0 Å². The molecule has 3 nitrogen and oxygen atoms in total. The molecular formula is C15H21NO2. The van der Waals surface area contributed by atoms with Crippen molar-refractivity contribution in [2.75, 3.05) is 5.32 Å².